The molecule has 4 aromatic rings. The number of carbonyl (C=O) groups excluding carboxylic acids is 1. The minimum Gasteiger partial charge on any atom is -0.486 e. The summed E-state index contributed by atoms with van der Waals surface area (Å²) in [4.78, 5) is 34.6. The Kier molecular flexibility index (Phi) is 5.71. The van der Waals surface area contributed by atoms with Crippen LogP contribution in [0.1, 0.15) is 10.4 Å². The Morgan fingerprint density at radius 1 is 1.18 bits per heavy atom. The lowest BCUT2D eigenvalue weighted by molar-refractivity contribution is -0.380. The molecular formula is C22H16N4O5S2. The van der Waals surface area contributed by atoms with Gasteiger partial charge in [-0.05, 0) is 23.8 Å². The molecule has 0 N–H and O–H groups in total. The molecule has 0 aliphatic carbocycles. The maximum absolute atomic E-state index is 13.2. The third kappa shape index (κ3) is 4.54. The second-order valence-electron chi connectivity index (χ2n) is 7.01. The Morgan fingerprint density at radius 3 is 2.73 bits per heavy atom. The number of benzene rings is 1. The van der Waals surface area contributed by atoms with Gasteiger partial charge in [-0.1, -0.05) is 28.7 Å². The van der Waals surface area contributed by atoms with Crippen molar-refractivity contribution in [1.29, 1.82) is 0 Å². The van der Waals surface area contributed by atoms with Crippen molar-refractivity contribution in [3.05, 3.63) is 75.4 Å². The normalized spacial score (nSPS) is 12.8. The number of pyridine rings is 1. The quantitative estimate of drug-likeness (QED) is 0.224. The molecule has 9 nitrogen and oxygen atoms in total. The van der Waals surface area contributed by atoms with Crippen molar-refractivity contribution in [2.24, 2.45) is 0 Å². The van der Waals surface area contributed by atoms with Crippen molar-refractivity contribution < 1.29 is 19.2 Å². The second kappa shape index (κ2) is 8.96. The fourth-order valence-corrected chi connectivity index (χ4v) is 4.96. The molecule has 1 aliphatic heterocycles. The molecule has 0 atom stereocenters. The number of thiazole rings is 1. The fraction of sp³-hybridized carbons (Fsp3) is 0.136. The summed E-state index contributed by atoms with van der Waals surface area (Å²) >= 11 is 2.38. The summed E-state index contributed by atoms with van der Waals surface area (Å²) in [6.07, 6.45) is 6.33. The zero-order valence-electron chi connectivity index (χ0n) is 17.0. The highest BCUT2D eigenvalue weighted by atomic mass is 32.1. The van der Waals surface area contributed by atoms with Crippen molar-refractivity contribution in [1.82, 2.24) is 9.97 Å². The molecule has 0 fully saturated rings. The Morgan fingerprint density at radius 2 is 2.00 bits per heavy atom. The van der Waals surface area contributed by atoms with Gasteiger partial charge in [0.25, 0.3) is 5.91 Å². The summed E-state index contributed by atoms with van der Waals surface area (Å²) < 4.78 is 12.2. The van der Waals surface area contributed by atoms with Gasteiger partial charge in [0.2, 0.25) is 0 Å². The van der Waals surface area contributed by atoms with E-state index in [-0.39, 0.29) is 17.5 Å². The lowest BCUT2D eigenvalue weighted by atomic mass is 10.2. The van der Waals surface area contributed by atoms with Crippen LogP contribution in [-0.4, -0.2) is 34.0 Å². The van der Waals surface area contributed by atoms with Crippen molar-refractivity contribution in [2.45, 2.75) is 6.54 Å². The molecular weight excluding hydrogens is 464 g/mol. The van der Waals surface area contributed by atoms with Crippen LogP contribution in [0, 0.1) is 10.1 Å². The summed E-state index contributed by atoms with van der Waals surface area (Å²) in [5.41, 5.74) is 1.55. The van der Waals surface area contributed by atoms with Gasteiger partial charge in [-0.2, -0.15) is 0 Å². The Hall–Kier alpha value is -3.83. The van der Waals surface area contributed by atoms with Gasteiger partial charge in [0.15, 0.2) is 16.6 Å². The van der Waals surface area contributed by atoms with E-state index in [0.717, 1.165) is 21.6 Å². The highest BCUT2D eigenvalue weighted by Crippen LogP contribution is 2.39. The molecule has 0 bridgehead atoms. The van der Waals surface area contributed by atoms with Crippen LogP contribution < -0.4 is 14.4 Å². The maximum Gasteiger partial charge on any atom is 0.324 e. The minimum absolute atomic E-state index is 0.0221. The van der Waals surface area contributed by atoms with Gasteiger partial charge in [-0.25, -0.2) is 4.98 Å². The number of hydrogen-bond donors (Lipinski definition) is 0. The molecule has 0 saturated heterocycles. The number of rotatable bonds is 6. The average Bonchev–Trinajstić information content (AvgIpc) is 3.47. The standard InChI is InChI=1S/C22H16N4O5S2/c27-20(5-3-15-4-6-21(32-15)26(28)29)25(13-14-2-1-7-23-12-14)22-24-16-10-17-18(11-19(16)33-22)31-9-8-30-17/h1-7,10-12H,8-9,13H2/b5-3+. The van der Waals surface area contributed by atoms with E-state index in [1.165, 1.54) is 23.5 Å². The summed E-state index contributed by atoms with van der Waals surface area (Å²) in [6.45, 7) is 1.24. The van der Waals surface area contributed by atoms with Gasteiger partial charge in [0.05, 0.1) is 21.7 Å². The zero-order chi connectivity index (χ0) is 22.8. The number of thiophene rings is 1. The van der Waals surface area contributed by atoms with E-state index in [1.54, 1.807) is 35.5 Å². The highest BCUT2D eigenvalue weighted by Gasteiger charge is 2.21. The number of fused-ring (bicyclic) bond motifs is 2. The lowest BCUT2D eigenvalue weighted by Crippen LogP contribution is -2.28. The molecule has 1 aromatic carbocycles. The predicted octanol–water partition coefficient (Wildman–Crippen LogP) is 4.68. The summed E-state index contributed by atoms with van der Waals surface area (Å²) in [7, 11) is 0. The first-order valence-corrected chi connectivity index (χ1v) is 11.5. The van der Waals surface area contributed by atoms with E-state index in [4.69, 9.17) is 9.47 Å². The minimum atomic E-state index is -0.452. The first kappa shape index (κ1) is 21.0. The van der Waals surface area contributed by atoms with Crippen LogP contribution in [0.2, 0.25) is 0 Å². The largest absolute Gasteiger partial charge is 0.486 e. The first-order chi connectivity index (χ1) is 16.1. The van der Waals surface area contributed by atoms with Crippen molar-refractivity contribution in [3.63, 3.8) is 0 Å². The second-order valence-corrected chi connectivity index (χ2v) is 9.12. The van der Waals surface area contributed by atoms with Crippen LogP contribution in [0.4, 0.5) is 10.1 Å². The van der Waals surface area contributed by atoms with Crippen LogP contribution in [0.5, 0.6) is 11.5 Å². The molecule has 5 rings (SSSR count). The molecule has 166 valence electrons. The Bertz CT molecular complexity index is 1320. The molecule has 0 saturated carbocycles. The number of nitrogens with zero attached hydrogens (tertiary/aromatic N) is 4. The molecule has 11 heteroatoms. The van der Waals surface area contributed by atoms with Gasteiger partial charge < -0.3 is 9.47 Å². The van der Waals surface area contributed by atoms with E-state index < -0.39 is 4.92 Å². The number of ether oxygens (including phenoxy) is 2. The van der Waals surface area contributed by atoms with Crippen molar-refractivity contribution in [3.8, 4) is 11.5 Å². The highest BCUT2D eigenvalue weighted by molar-refractivity contribution is 7.22. The molecule has 3 aromatic heterocycles. The number of anilines is 1. The Labute approximate surface area is 195 Å². The number of hydrogen-bond acceptors (Lipinski definition) is 9. The summed E-state index contributed by atoms with van der Waals surface area (Å²) in [6, 6.07) is 10.4. The van der Waals surface area contributed by atoms with E-state index >= 15 is 0 Å². The number of aromatic nitrogens is 2. The fourth-order valence-electron chi connectivity index (χ4n) is 3.26. The molecule has 0 spiro atoms. The van der Waals surface area contributed by atoms with Gasteiger partial charge in [-0.15, -0.1) is 0 Å². The number of nitro groups is 1. The van der Waals surface area contributed by atoms with E-state index in [0.29, 0.717) is 40.2 Å². The van der Waals surface area contributed by atoms with Gasteiger partial charge in [-0.3, -0.25) is 24.8 Å². The summed E-state index contributed by atoms with van der Waals surface area (Å²) in [5.74, 6) is 0.995. The van der Waals surface area contributed by atoms with Crippen LogP contribution in [0.3, 0.4) is 0 Å². The number of carbonyl (C=O) groups is 1. The van der Waals surface area contributed by atoms with Crippen LogP contribution in [-0.2, 0) is 11.3 Å². The van der Waals surface area contributed by atoms with Crippen molar-refractivity contribution >= 4 is 55.0 Å². The van der Waals surface area contributed by atoms with E-state index in [1.807, 2.05) is 18.2 Å². The van der Waals surface area contributed by atoms with Gasteiger partial charge in [0.1, 0.15) is 13.2 Å². The molecule has 4 heterocycles. The average molecular weight is 481 g/mol. The molecule has 0 unspecified atom stereocenters. The third-order valence-corrected chi connectivity index (χ3v) is 6.83. The van der Waals surface area contributed by atoms with E-state index in [9.17, 15) is 14.9 Å². The monoisotopic (exact) mass is 480 g/mol. The van der Waals surface area contributed by atoms with E-state index in [2.05, 4.69) is 9.97 Å². The van der Waals surface area contributed by atoms with Crippen molar-refractivity contribution in [2.75, 3.05) is 18.1 Å². The zero-order valence-corrected chi connectivity index (χ0v) is 18.7. The van der Waals surface area contributed by atoms with Crippen LogP contribution in [0.15, 0.2) is 54.9 Å². The van der Waals surface area contributed by atoms with Crippen LogP contribution in [0.25, 0.3) is 16.3 Å². The van der Waals surface area contributed by atoms with Gasteiger partial charge >= 0.3 is 5.00 Å². The molecule has 1 amide bonds. The molecule has 1 aliphatic rings. The topological polar surface area (TPSA) is 108 Å². The SMILES string of the molecule is O=C(/C=C/c1ccc([N+](=O)[O-])s1)N(Cc1cccnc1)c1nc2cc3c(cc2s1)OCCO3. The van der Waals surface area contributed by atoms with Crippen LogP contribution >= 0.6 is 22.7 Å². The maximum atomic E-state index is 13.2. The first-order valence-electron chi connectivity index (χ1n) is 9.90. The number of amides is 1. The third-order valence-electron chi connectivity index (χ3n) is 4.78. The van der Waals surface area contributed by atoms with Gasteiger partial charge in [0, 0.05) is 41.5 Å². The Balaban J connectivity index is 1.47. The predicted molar refractivity (Wildman–Crippen MR) is 126 cm³/mol. The molecule has 0 radical (unpaired) electrons. The molecule has 33 heavy (non-hydrogen) atoms. The lowest BCUT2D eigenvalue weighted by Gasteiger charge is -2.18. The smallest absolute Gasteiger partial charge is 0.324 e. The summed E-state index contributed by atoms with van der Waals surface area (Å²) in [5, 5.41) is 11.5.